The number of carbonyl (C=O) groups is 1. The third-order valence-corrected chi connectivity index (χ3v) is 4.98. The van der Waals surface area contributed by atoms with Crippen molar-refractivity contribution in [1.82, 2.24) is 20.2 Å². The molecule has 30 heavy (non-hydrogen) atoms. The average Bonchev–Trinajstić information content (AvgIpc) is 3.13. The highest BCUT2D eigenvalue weighted by atomic mass is 32.2. The number of benzene rings is 2. The second-order valence-electron chi connectivity index (χ2n) is 6.12. The summed E-state index contributed by atoms with van der Waals surface area (Å²) in [6.45, 7) is 4.35. The molecule has 0 saturated carbocycles. The summed E-state index contributed by atoms with van der Waals surface area (Å²) >= 11 is 1.29. The van der Waals surface area contributed by atoms with Crippen molar-refractivity contribution in [2.45, 2.75) is 19.0 Å². The first kappa shape index (κ1) is 21.4. The van der Waals surface area contributed by atoms with E-state index in [9.17, 15) is 4.79 Å². The van der Waals surface area contributed by atoms with Crippen LogP contribution in [0.1, 0.15) is 18.3 Å². The molecule has 0 aliphatic carbocycles. The van der Waals surface area contributed by atoms with Crippen LogP contribution >= 0.6 is 11.8 Å². The third-order valence-electron chi connectivity index (χ3n) is 4.05. The van der Waals surface area contributed by atoms with Crippen LogP contribution in [-0.4, -0.2) is 46.4 Å². The van der Waals surface area contributed by atoms with Crippen molar-refractivity contribution in [3.05, 3.63) is 59.9 Å². The summed E-state index contributed by atoms with van der Waals surface area (Å²) in [5, 5.41) is 13.0. The van der Waals surface area contributed by atoms with Gasteiger partial charge >= 0.3 is 0 Å². The van der Waals surface area contributed by atoms with Crippen LogP contribution in [0.2, 0.25) is 0 Å². The van der Waals surface area contributed by atoms with Crippen LogP contribution < -0.4 is 14.9 Å². The molecule has 0 unspecified atom stereocenters. The van der Waals surface area contributed by atoms with Crippen LogP contribution in [0.25, 0.3) is 5.69 Å². The molecule has 0 atom stereocenters. The van der Waals surface area contributed by atoms with Gasteiger partial charge in [0.1, 0.15) is 17.3 Å². The largest absolute Gasteiger partial charge is 0.496 e. The van der Waals surface area contributed by atoms with Gasteiger partial charge in [0.15, 0.2) is 5.16 Å². The highest BCUT2D eigenvalue weighted by Crippen LogP contribution is 2.23. The molecule has 2 aromatic carbocycles. The van der Waals surface area contributed by atoms with E-state index in [2.05, 4.69) is 20.7 Å². The lowest BCUT2D eigenvalue weighted by Gasteiger charge is -2.08. The Morgan fingerprint density at radius 3 is 2.77 bits per heavy atom. The van der Waals surface area contributed by atoms with Crippen molar-refractivity contribution in [3.63, 3.8) is 0 Å². The van der Waals surface area contributed by atoms with E-state index in [1.165, 1.54) is 18.0 Å². The smallest absolute Gasteiger partial charge is 0.250 e. The van der Waals surface area contributed by atoms with Crippen molar-refractivity contribution < 1.29 is 14.3 Å². The van der Waals surface area contributed by atoms with E-state index >= 15 is 0 Å². The summed E-state index contributed by atoms with van der Waals surface area (Å²) in [6.07, 6.45) is 1.53. The van der Waals surface area contributed by atoms with Crippen LogP contribution in [0, 0.1) is 6.92 Å². The zero-order valence-corrected chi connectivity index (χ0v) is 17.8. The molecule has 0 spiro atoms. The number of nitrogens with zero attached hydrogens (tertiary/aromatic N) is 4. The normalized spacial score (nSPS) is 10.9. The number of carbonyl (C=O) groups excluding carboxylic acids is 1. The maximum absolute atomic E-state index is 12.2. The van der Waals surface area contributed by atoms with Crippen molar-refractivity contribution >= 4 is 23.9 Å². The fourth-order valence-corrected chi connectivity index (χ4v) is 3.51. The Labute approximate surface area is 179 Å². The number of ether oxygens (including phenoxy) is 2. The van der Waals surface area contributed by atoms with E-state index < -0.39 is 0 Å². The Bertz CT molecular complexity index is 1020. The molecule has 0 saturated heterocycles. The Morgan fingerprint density at radius 1 is 1.23 bits per heavy atom. The van der Waals surface area contributed by atoms with E-state index in [-0.39, 0.29) is 11.7 Å². The number of hydrogen-bond acceptors (Lipinski definition) is 7. The molecule has 3 aromatic rings. The monoisotopic (exact) mass is 425 g/mol. The predicted octanol–water partition coefficient (Wildman–Crippen LogP) is 3.23. The minimum Gasteiger partial charge on any atom is -0.496 e. The topological polar surface area (TPSA) is 90.6 Å². The summed E-state index contributed by atoms with van der Waals surface area (Å²) in [4.78, 5) is 12.2. The molecule has 0 bridgehead atoms. The lowest BCUT2D eigenvalue weighted by Crippen LogP contribution is -2.20. The minimum absolute atomic E-state index is 0.151. The maximum Gasteiger partial charge on any atom is 0.250 e. The number of aromatic nitrogens is 3. The minimum atomic E-state index is -0.253. The molecule has 0 radical (unpaired) electrons. The van der Waals surface area contributed by atoms with Gasteiger partial charge in [-0.05, 0) is 44.2 Å². The third kappa shape index (κ3) is 5.38. The van der Waals surface area contributed by atoms with Gasteiger partial charge in [-0.15, -0.1) is 10.2 Å². The number of hydrazone groups is 1. The number of methoxy groups -OCH3 is 1. The molecular weight excluding hydrogens is 402 g/mol. The highest BCUT2D eigenvalue weighted by molar-refractivity contribution is 7.99. The first-order valence-corrected chi connectivity index (χ1v) is 10.3. The number of aryl methyl sites for hydroxylation is 1. The molecule has 9 heteroatoms. The number of thioether (sulfide) groups is 1. The van der Waals surface area contributed by atoms with Crippen LogP contribution in [0.4, 0.5) is 0 Å². The highest BCUT2D eigenvalue weighted by Gasteiger charge is 2.13. The second kappa shape index (κ2) is 10.4. The van der Waals surface area contributed by atoms with Crippen molar-refractivity contribution in [1.29, 1.82) is 0 Å². The van der Waals surface area contributed by atoms with Crippen LogP contribution in [0.5, 0.6) is 11.5 Å². The summed E-state index contributed by atoms with van der Waals surface area (Å²) in [5.41, 5.74) is 4.18. The van der Waals surface area contributed by atoms with Crippen molar-refractivity contribution in [2.24, 2.45) is 5.10 Å². The van der Waals surface area contributed by atoms with E-state index in [1.807, 2.05) is 54.8 Å². The first-order chi connectivity index (χ1) is 14.6. The van der Waals surface area contributed by atoms with E-state index in [1.54, 1.807) is 19.2 Å². The molecule has 1 heterocycles. The predicted molar refractivity (Wildman–Crippen MR) is 117 cm³/mol. The molecule has 1 N–H and O–H groups in total. The molecule has 0 aliphatic heterocycles. The zero-order chi connectivity index (χ0) is 21.3. The van der Waals surface area contributed by atoms with Gasteiger partial charge in [0.05, 0.1) is 25.7 Å². The van der Waals surface area contributed by atoms with E-state index in [4.69, 9.17) is 9.47 Å². The molecule has 1 amide bonds. The van der Waals surface area contributed by atoms with Gasteiger partial charge in [0, 0.05) is 11.3 Å². The number of para-hydroxylation sites is 1. The lowest BCUT2D eigenvalue weighted by atomic mass is 10.2. The number of nitrogens with one attached hydrogen (secondary N) is 1. The van der Waals surface area contributed by atoms with Crippen LogP contribution in [0.3, 0.4) is 0 Å². The molecule has 0 fully saturated rings. The van der Waals surface area contributed by atoms with Crippen molar-refractivity contribution in [2.75, 3.05) is 19.5 Å². The van der Waals surface area contributed by atoms with Crippen molar-refractivity contribution in [3.8, 4) is 17.2 Å². The first-order valence-electron chi connectivity index (χ1n) is 9.35. The lowest BCUT2D eigenvalue weighted by molar-refractivity contribution is -0.118. The average molecular weight is 426 g/mol. The van der Waals surface area contributed by atoms with E-state index in [0.29, 0.717) is 28.8 Å². The quantitative estimate of drug-likeness (QED) is 0.322. The Balaban J connectivity index is 1.61. The Kier molecular flexibility index (Phi) is 7.45. The van der Waals surface area contributed by atoms with Gasteiger partial charge < -0.3 is 9.47 Å². The number of amides is 1. The molecule has 156 valence electrons. The Hall–Kier alpha value is -3.33. The molecule has 0 aliphatic rings. The fraction of sp³-hybridized carbons (Fsp3) is 0.238. The number of hydrogen-bond donors (Lipinski definition) is 1. The molecule has 1 aromatic heterocycles. The zero-order valence-electron chi connectivity index (χ0n) is 17.0. The van der Waals surface area contributed by atoms with Gasteiger partial charge in [0.2, 0.25) is 0 Å². The summed E-state index contributed by atoms with van der Waals surface area (Å²) in [6, 6.07) is 15.2. The molecule has 3 rings (SSSR count). The standard InChI is InChI=1S/C21H23N5O3S/c1-4-29-18-10-11-19(28-3)16(12-18)13-22-24-20(27)14-30-21-25-23-15(2)26(21)17-8-6-5-7-9-17/h5-13H,4,14H2,1-3H3,(H,24,27)/b22-13+. The fourth-order valence-electron chi connectivity index (χ4n) is 2.72. The summed E-state index contributed by atoms with van der Waals surface area (Å²) in [5.74, 6) is 1.99. The molecular formula is C21H23N5O3S. The van der Waals surface area contributed by atoms with Gasteiger partial charge in [-0.1, -0.05) is 30.0 Å². The summed E-state index contributed by atoms with van der Waals surface area (Å²) in [7, 11) is 1.58. The van der Waals surface area contributed by atoms with E-state index in [0.717, 1.165) is 11.5 Å². The van der Waals surface area contributed by atoms with Gasteiger partial charge in [-0.25, -0.2) is 5.43 Å². The van der Waals surface area contributed by atoms with Gasteiger partial charge in [-0.2, -0.15) is 5.10 Å². The van der Waals surface area contributed by atoms with Crippen LogP contribution in [-0.2, 0) is 4.79 Å². The van der Waals surface area contributed by atoms with Gasteiger partial charge in [0.25, 0.3) is 5.91 Å². The summed E-state index contributed by atoms with van der Waals surface area (Å²) < 4.78 is 12.7. The van der Waals surface area contributed by atoms with Gasteiger partial charge in [-0.3, -0.25) is 9.36 Å². The Morgan fingerprint density at radius 2 is 2.03 bits per heavy atom. The van der Waals surface area contributed by atoms with Crippen LogP contribution in [0.15, 0.2) is 58.8 Å². The maximum atomic E-state index is 12.2. The SMILES string of the molecule is CCOc1ccc(OC)c(/C=N/NC(=O)CSc2nnc(C)n2-c2ccccc2)c1. The molecule has 8 nitrogen and oxygen atoms in total. The second-order valence-corrected chi connectivity index (χ2v) is 7.06. The number of rotatable bonds is 9.